The Bertz CT molecular complexity index is 790. The van der Waals surface area contributed by atoms with Crippen LogP contribution in [0.15, 0.2) is 42.5 Å². The fourth-order valence-electron chi connectivity index (χ4n) is 2.24. The molecule has 1 N–H and O–H groups in total. The molecule has 2 aromatic carbocycles. The molecule has 0 fully saturated rings. The maximum absolute atomic E-state index is 12.2. The molecule has 144 valence electrons. The minimum absolute atomic E-state index is 0.268. The van der Waals surface area contributed by atoms with Crippen LogP contribution < -0.4 is 19.5 Å². The van der Waals surface area contributed by atoms with Crippen molar-refractivity contribution in [1.29, 1.82) is 0 Å². The number of carbonyl (C=O) groups is 2. The number of anilines is 1. The molecule has 0 saturated carbocycles. The molecule has 0 unspecified atom stereocenters. The van der Waals surface area contributed by atoms with Crippen molar-refractivity contribution in [3.8, 4) is 17.2 Å². The lowest BCUT2D eigenvalue weighted by Gasteiger charge is -2.11. The standard InChI is InChI=1S/C20H23NO6/c1-4-10-26-17-9-8-14(11-18(17)25-3)20(23)27-13-19(22)21-15-6-5-7-16(12-15)24-2/h5-9,11-12H,4,10,13H2,1-3H3,(H,21,22). The van der Waals surface area contributed by atoms with Crippen LogP contribution in [0.25, 0.3) is 0 Å². The van der Waals surface area contributed by atoms with Crippen molar-refractivity contribution in [2.45, 2.75) is 13.3 Å². The van der Waals surface area contributed by atoms with Gasteiger partial charge in [-0.3, -0.25) is 4.79 Å². The van der Waals surface area contributed by atoms with E-state index >= 15 is 0 Å². The fourth-order valence-corrected chi connectivity index (χ4v) is 2.24. The van der Waals surface area contributed by atoms with Crippen LogP contribution in [0.5, 0.6) is 17.2 Å². The van der Waals surface area contributed by atoms with Crippen molar-refractivity contribution >= 4 is 17.6 Å². The predicted octanol–water partition coefficient (Wildman–Crippen LogP) is 3.29. The molecule has 0 aliphatic carbocycles. The van der Waals surface area contributed by atoms with Crippen molar-refractivity contribution in [2.24, 2.45) is 0 Å². The van der Waals surface area contributed by atoms with Crippen LogP contribution in [0, 0.1) is 0 Å². The Balaban J connectivity index is 1.93. The second kappa shape index (κ2) is 10.1. The van der Waals surface area contributed by atoms with E-state index in [0.29, 0.717) is 29.5 Å². The molecular formula is C20H23NO6. The lowest BCUT2D eigenvalue weighted by atomic mass is 10.2. The van der Waals surface area contributed by atoms with Crippen LogP contribution in [0.1, 0.15) is 23.7 Å². The van der Waals surface area contributed by atoms with Crippen molar-refractivity contribution < 1.29 is 28.5 Å². The summed E-state index contributed by atoms with van der Waals surface area (Å²) in [6.45, 7) is 2.13. The number of carbonyl (C=O) groups excluding carboxylic acids is 2. The minimum atomic E-state index is -0.629. The third kappa shape index (κ3) is 5.91. The maximum Gasteiger partial charge on any atom is 0.338 e. The first-order chi connectivity index (χ1) is 13.1. The van der Waals surface area contributed by atoms with Crippen molar-refractivity contribution in [1.82, 2.24) is 0 Å². The molecule has 0 radical (unpaired) electrons. The zero-order chi connectivity index (χ0) is 19.6. The van der Waals surface area contributed by atoms with E-state index in [4.69, 9.17) is 18.9 Å². The number of methoxy groups -OCH3 is 2. The molecule has 2 aromatic rings. The Morgan fingerprint density at radius 1 is 1.00 bits per heavy atom. The summed E-state index contributed by atoms with van der Waals surface area (Å²) in [6, 6.07) is 11.6. The first-order valence-electron chi connectivity index (χ1n) is 8.49. The number of amides is 1. The molecule has 7 heteroatoms. The van der Waals surface area contributed by atoms with E-state index in [2.05, 4.69) is 5.32 Å². The highest BCUT2D eigenvalue weighted by Crippen LogP contribution is 2.28. The molecule has 0 heterocycles. The molecule has 0 aromatic heterocycles. The summed E-state index contributed by atoms with van der Waals surface area (Å²) in [5, 5.41) is 2.64. The van der Waals surface area contributed by atoms with Gasteiger partial charge in [-0.25, -0.2) is 4.79 Å². The Labute approximate surface area is 158 Å². The molecule has 7 nitrogen and oxygen atoms in total. The molecular weight excluding hydrogens is 350 g/mol. The normalized spacial score (nSPS) is 10.0. The average molecular weight is 373 g/mol. The largest absolute Gasteiger partial charge is 0.497 e. The van der Waals surface area contributed by atoms with Crippen LogP contribution in [0.4, 0.5) is 5.69 Å². The smallest absolute Gasteiger partial charge is 0.338 e. The highest BCUT2D eigenvalue weighted by Gasteiger charge is 2.14. The second-order valence-corrected chi connectivity index (χ2v) is 5.57. The van der Waals surface area contributed by atoms with E-state index in [1.807, 2.05) is 6.92 Å². The van der Waals surface area contributed by atoms with E-state index in [1.54, 1.807) is 36.4 Å². The molecule has 0 saturated heterocycles. The Morgan fingerprint density at radius 2 is 1.81 bits per heavy atom. The fraction of sp³-hybridized carbons (Fsp3) is 0.300. The first-order valence-corrected chi connectivity index (χ1v) is 8.49. The van der Waals surface area contributed by atoms with Crippen molar-refractivity contribution in [3.63, 3.8) is 0 Å². The molecule has 0 bridgehead atoms. The molecule has 0 aliphatic heterocycles. The summed E-state index contributed by atoms with van der Waals surface area (Å²) in [4.78, 5) is 24.1. The van der Waals surface area contributed by atoms with Gasteiger partial charge >= 0.3 is 5.97 Å². The topological polar surface area (TPSA) is 83.1 Å². The van der Waals surface area contributed by atoms with E-state index in [-0.39, 0.29) is 5.56 Å². The predicted molar refractivity (Wildman–Crippen MR) is 101 cm³/mol. The lowest BCUT2D eigenvalue weighted by Crippen LogP contribution is -2.21. The quantitative estimate of drug-likeness (QED) is 0.679. The average Bonchev–Trinajstić information content (AvgIpc) is 2.70. The van der Waals surface area contributed by atoms with Gasteiger partial charge in [0.2, 0.25) is 0 Å². The summed E-state index contributed by atoms with van der Waals surface area (Å²) < 4.78 is 20.9. The van der Waals surface area contributed by atoms with Crippen LogP contribution in [-0.4, -0.2) is 39.3 Å². The molecule has 1 amide bonds. The molecule has 0 spiro atoms. The zero-order valence-corrected chi connectivity index (χ0v) is 15.6. The van der Waals surface area contributed by atoms with Gasteiger partial charge in [-0.15, -0.1) is 0 Å². The molecule has 0 aliphatic rings. The van der Waals surface area contributed by atoms with Crippen molar-refractivity contribution in [3.05, 3.63) is 48.0 Å². The van der Waals surface area contributed by atoms with Crippen molar-refractivity contribution in [2.75, 3.05) is 32.8 Å². The van der Waals surface area contributed by atoms with Gasteiger partial charge in [0.1, 0.15) is 5.75 Å². The summed E-state index contributed by atoms with van der Waals surface area (Å²) in [7, 11) is 3.03. The van der Waals surface area contributed by atoms with E-state index in [9.17, 15) is 9.59 Å². The van der Waals surface area contributed by atoms with Crippen LogP contribution in [0.3, 0.4) is 0 Å². The number of benzene rings is 2. The third-order valence-electron chi connectivity index (χ3n) is 3.55. The summed E-state index contributed by atoms with van der Waals surface area (Å²) in [5.74, 6) is 0.510. The van der Waals surface area contributed by atoms with Gasteiger partial charge in [-0.05, 0) is 36.8 Å². The highest BCUT2D eigenvalue weighted by atomic mass is 16.5. The Morgan fingerprint density at radius 3 is 2.52 bits per heavy atom. The first kappa shape index (κ1) is 20.1. The van der Waals surface area contributed by atoms with Gasteiger partial charge in [-0.1, -0.05) is 13.0 Å². The third-order valence-corrected chi connectivity index (χ3v) is 3.55. The lowest BCUT2D eigenvalue weighted by molar-refractivity contribution is -0.119. The Kier molecular flexibility index (Phi) is 7.49. The van der Waals surface area contributed by atoms with Crippen LogP contribution in [0.2, 0.25) is 0 Å². The van der Waals surface area contributed by atoms with Gasteiger partial charge in [0.25, 0.3) is 5.91 Å². The Hall–Kier alpha value is -3.22. The zero-order valence-electron chi connectivity index (χ0n) is 15.6. The van der Waals surface area contributed by atoms with Gasteiger partial charge in [-0.2, -0.15) is 0 Å². The minimum Gasteiger partial charge on any atom is -0.497 e. The summed E-state index contributed by atoms with van der Waals surface area (Å²) >= 11 is 0. The van der Waals surface area contributed by atoms with Gasteiger partial charge in [0, 0.05) is 11.8 Å². The number of hydrogen-bond acceptors (Lipinski definition) is 6. The maximum atomic E-state index is 12.2. The number of ether oxygens (including phenoxy) is 4. The van der Waals surface area contributed by atoms with Gasteiger partial charge in [0.15, 0.2) is 18.1 Å². The molecule has 2 rings (SSSR count). The van der Waals surface area contributed by atoms with E-state index < -0.39 is 18.5 Å². The second-order valence-electron chi connectivity index (χ2n) is 5.57. The number of rotatable bonds is 9. The summed E-state index contributed by atoms with van der Waals surface area (Å²) in [6.07, 6.45) is 0.856. The SMILES string of the molecule is CCCOc1ccc(C(=O)OCC(=O)Nc2cccc(OC)c2)cc1OC. The van der Waals surface area contributed by atoms with Gasteiger partial charge < -0.3 is 24.3 Å². The summed E-state index contributed by atoms with van der Waals surface area (Å²) in [5.41, 5.74) is 0.819. The monoisotopic (exact) mass is 373 g/mol. The molecule has 0 atom stereocenters. The highest BCUT2D eigenvalue weighted by molar-refractivity contribution is 5.95. The van der Waals surface area contributed by atoms with Gasteiger partial charge in [0.05, 0.1) is 26.4 Å². The number of nitrogens with one attached hydrogen (secondary N) is 1. The van der Waals surface area contributed by atoms with Crippen LogP contribution >= 0.6 is 0 Å². The number of hydrogen-bond donors (Lipinski definition) is 1. The van der Waals surface area contributed by atoms with E-state index in [1.165, 1.54) is 20.3 Å². The van der Waals surface area contributed by atoms with E-state index in [0.717, 1.165) is 6.42 Å². The van der Waals surface area contributed by atoms with Crippen LogP contribution in [-0.2, 0) is 9.53 Å². The molecule has 27 heavy (non-hydrogen) atoms. The number of esters is 1.